The molecule has 2 N–H and O–H groups in total. The number of sulfone groups is 1. The van der Waals surface area contributed by atoms with E-state index in [1.54, 1.807) is 20.8 Å². The highest BCUT2D eigenvalue weighted by Gasteiger charge is 2.28. The number of nitrogens with zero attached hydrogens (tertiary/aromatic N) is 2. The molecule has 1 aliphatic rings. The van der Waals surface area contributed by atoms with Crippen LogP contribution in [0.15, 0.2) is 29.3 Å². The molecular formula is C21H36N4O2S. The van der Waals surface area contributed by atoms with Crippen molar-refractivity contribution in [2.75, 3.05) is 36.8 Å². The first-order valence-electron chi connectivity index (χ1n) is 10.3. The zero-order chi connectivity index (χ0) is 20.8. The Labute approximate surface area is 170 Å². The minimum Gasteiger partial charge on any atom is -0.372 e. The number of nitrogens with one attached hydrogen (secondary N) is 2. The van der Waals surface area contributed by atoms with Crippen molar-refractivity contribution < 1.29 is 8.42 Å². The molecule has 2 rings (SSSR count). The van der Waals surface area contributed by atoms with E-state index in [0.717, 1.165) is 19.6 Å². The Bertz CT molecular complexity index is 763. The molecule has 1 saturated heterocycles. The van der Waals surface area contributed by atoms with Gasteiger partial charge >= 0.3 is 0 Å². The zero-order valence-corrected chi connectivity index (χ0v) is 18.8. The van der Waals surface area contributed by atoms with Crippen molar-refractivity contribution in [1.82, 2.24) is 10.6 Å². The fraction of sp³-hybridized carbons (Fsp3) is 0.667. The summed E-state index contributed by atoms with van der Waals surface area (Å²) in [5.74, 6) is 0.692. The quantitative estimate of drug-likeness (QED) is 0.536. The molecular weight excluding hydrogens is 372 g/mol. The molecule has 0 radical (unpaired) electrons. The number of guanidine groups is 1. The summed E-state index contributed by atoms with van der Waals surface area (Å²) in [6, 6.07) is 8.68. The third kappa shape index (κ3) is 6.12. The molecule has 158 valence electrons. The molecule has 28 heavy (non-hydrogen) atoms. The SMILES string of the molecule is CCNC(=NCCS(=O)(=O)C(C)(C)C)NC(C)c1cccc(N2CCCC2)c1. The van der Waals surface area contributed by atoms with E-state index < -0.39 is 14.6 Å². The third-order valence-corrected chi connectivity index (χ3v) is 7.69. The van der Waals surface area contributed by atoms with E-state index in [1.807, 2.05) is 6.92 Å². The summed E-state index contributed by atoms with van der Waals surface area (Å²) in [5.41, 5.74) is 2.46. The minimum absolute atomic E-state index is 0.0475. The maximum absolute atomic E-state index is 12.3. The number of hydrogen-bond donors (Lipinski definition) is 2. The number of rotatable bonds is 7. The van der Waals surface area contributed by atoms with Gasteiger partial charge in [0.25, 0.3) is 0 Å². The van der Waals surface area contributed by atoms with Crippen molar-refractivity contribution >= 4 is 21.5 Å². The fourth-order valence-corrected chi connectivity index (χ4v) is 4.10. The first kappa shape index (κ1) is 22.5. The van der Waals surface area contributed by atoms with Gasteiger partial charge in [-0.1, -0.05) is 12.1 Å². The summed E-state index contributed by atoms with van der Waals surface area (Å²) < 4.78 is 23.8. The van der Waals surface area contributed by atoms with E-state index >= 15 is 0 Å². The maximum Gasteiger partial charge on any atom is 0.191 e. The number of anilines is 1. The fourth-order valence-electron chi connectivity index (χ4n) is 3.16. The van der Waals surface area contributed by atoms with Crippen molar-refractivity contribution in [2.45, 2.75) is 58.2 Å². The number of aliphatic imine (C=N–C) groups is 1. The number of hydrogen-bond acceptors (Lipinski definition) is 4. The Morgan fingerprint density at radius 1 is 1.25 bits per heavy atom. The number of benzene rings is 1. The Hall–Kier alpha value is -1.76. The van der Waals surface area contributed by atoms with Crippen molar-refractivity contribution in [1.29, 1.82) is 0 Å². The summed E-state index contributed by atoms with van der Waals surface area (Å²) >= 11 is 0. The van der Waals surface area contributed by atoms with Gasteiger partial charge in [-0.2, -0.15) is 0 Å². The summed E-state index contributed by atoms with van der Waals surface area (Å²) in [7, 11) is -3.17. The Morgan fingerprint density at radius 2 is 1.93 bits per heavy atom. The van der Waals surface area contributed by atoms with Crippen LogP contribution in [0.25, 0.3) is 0 Å². The molecule has 1 atom stereocenters. The normalized spacial score (nSPS) is 16.9. The highest BCUT2D eigenvalue weighted by atomic mass is 32.2. The topological polar surface area (TPSA) is 73.8 Å². The Morgan fingerprint density at radius 3 is 2.54 bits per heavy atom. The molecule has 1 aromatic rings. The molecule has 1 aromatic carbocycles. The van der Waals surface area contributed by atoms with Crippen molar-refractivity contribution in [3.63, 3.8) is 0 Å². The van der Waals surface area contributed by atoms with Gasteiger partial charge in [-0.25, -0.2) is 8.42 Å². The van der Waals surface area contributed by atoms with Crippen LogP contribution >= 0.6 is 0 Å². The molecule has 0 amide bonds. The largest absolute Gasteiger partial charge is 0.372 e. The highest BCUT2D eigenvalue weighted by molar-refractivity contribution is 7.92. The van der Waals surface area contributed by atoms with E-state index in [-0.39, 0.29) is 18.3 Å². The zero-order valence-electron chi connectivity index (χ0n) is 18.0. The molecule has 1 unspecified atom stereocenters. The molecule has 7 heteroatoms. The molecule has 0 bridgehead atoms. The lowest BCUT2D eigenvalue weighted by Crippen LogP contribution is -2.39. The van der Waals surface area contributed by atoms with Crippen molar-refractivity contribution in [3.8, 4) is 0 Å². The summed E-state index contributed by atoms with van der Waals surface area (Å²) in [6.07, 6.45) is 2.51. The van der Waals surface area contributed by atoms with Crippen LogP contribution in [0.1, 0.15) is 59.1 Å². The lowest BCUT2D eigenvalue weighted by molar-refractivity contribution is 0.560. The second-order valence-corrected chi connectivity index (χ2v) is 11.2. The monoisotopic (exact) mass is 408 g/mol. The van der Waals surface area contributed by atoms with Gasteiger partial charge in [-0.05, 0) is 65.2 Å². The van der Waals surface area contributed by atoms with Gasteiger partial charge in [-0.15, -0.1) is 0 Å². The second-order valence-electron chi connectivity index (χ2n) is 8.35. The third-order valence-electron chi connectivity index (χ3n) is 5.10. The van der Waals surface area contributed by atoms with Crippen LogP contribution in [-0.4, -0.2) is 51.1 Å². The van der Waals surface area contributed by atoms with E-state index in [2.05, 4.69) is 51.7 Å². The molecule has 1 aliphatic heterocycles. The molecule has 6 nitrogen and oxygen atoms in total. The molecule has 0 aliphatic carbocycles. The van der Waals surface area contributed by atoms with Gasteiger partial charge in [0.2, 0.25) is 0 Å². The first-order valence-corrected chi connectivity index (χ1v) is 11.9. The predicted octanol–water partition coefficient (Wildman–Crippen LogP) is 3.12. The van der Waals surface area contributed by atoms with Gasteiger partial charge in [0, 0.05) is 25.3 Å². The van der Waals surface area contributed by atoms with Crippen LogP contribution in [0.3, 0.4) is 0 Å². The molecule has 0 saturated carbocycles. The maximum atomic E-state index is 12.3. The van der Waals surface area contributed by atoms with Gasteiger partial charge in [-0.3, -0.25) is 4.99 Å². The first-order chi connectivity index (χ1) is 13.1. The van der Waals surface area contributed by atoms with Crippen LogP contribution in [-0.2, 0) is 9.84 Å². The van der Waals surface area contributed by atoms with Crippen LogP contribution in [0, 0.1) is 0 Å². The molecule has 0 spiro atoms. The standard InChI is InChI=1S/C21H36N4O2S/c1-6-22-20(23-12-15-28(26,27)21(3,4)5)24-17(2)18-10-9-11-19(16-18)25-13-7-8-14-25/h9-11,16-17H,6-8,12-15H2,1-5H3,(H2,22,23,24). The summed E-state index contributed by atoms with van der Waals surface area (Å²) in [6.45, 7) is 12.5. The van der Waals surface area contributed by atoms with Crippen LogP contribution in [0.4, 0.5) is 5.69 Å². The van der Waals surface area contributed by atoms with E-state index in [4.69, 9.17) is 0 Å². The average Bonchev–Trinajstić information content (AvgIpc) is 3.15. The van der Waals surface area contributed by atoms with Crippen LogP contribution in [0.5, 0.6) is 0 Å². The van der Waals surface area contributed by atoms with Gasteiger partial charge in [0.1, 0.15) is 0 Å². The van der Waals surface area contributed by atoms with Crippen LogP contribution in [0.2, 0.25) is 0 Å². The van der Waals surface area contributed by atoms with Gasteiger partial charge < -0.3 is 15.5 Å². The van der Waals surface area contributed by atoms with Gasteiger partial charge in [0.05, 0.1) is 23.1 Å². The lowest BCUT2D eigenvalue weighted by atomic mass is 10.1. The average molecular weight is 409 g/mol. The smallest absolute Gasteiger partial charge is 0.191 e. The summed E-state index contributed by atoms with van der Waals surface area (Å²) in [5, 5.41) is 6.61. The molecule has 0 aromatic heterocycles. The predicted molar refractivity (Wildman–Crippen MR) is 119 cm³/mol. The van der Waals surface area contributed by atoms with E-state index in [0.29, 0.717) is 5.96 Å². The Kier molecular flexibility index (Phi) is 7.75. The van der Waals surface area contributed by atoms with Crippen LogP contribution < -0.4 is 15.5 Å². The van der Waals surface area contributed by atoms with E-state index in [9.17, 15) is 8.42 Å². The van der Waals surface area contributed by atoms with Crippen molar-refractivity contribution in [2.24, 2.45) is 4.99 Å². The van der Waals surface area contributed by atoms with Gasteiger partial charge in [0.15, 0.2) is 15.8 Å². The lowest BCUT2D eigenvalue weighted by Gasteiger charge is -2.22. The molecule has 1 fully saturated rings. The summed E-state index contributed by atoms with van der Waals surface area (Å²) in [4.78, 5) is 6.91. The Balaban J connectivity index is 2.03. The highest BCUT2D eigenvalue weighted by Crippen LogP contribution is 2.24. The molecule has 1 heterocycles. The van der Waals surface area contributed by atoms with E-state index in [1.165, 1.54) is 24.1 Å². The second kappa shape index (κ2) is 9.63. The van der Waals surface area contributed by atoms with Crippen molar-refractivity contribution in [3.05, 3.63) is 29.8 Å². The minimum atomic E-state index is -3.17.